The maximum atomic E-state index is 14.3. The fraction of sp³-hybridized carbons (Fsp3) is 0.250. The number of aromatic nitrogens is 2. The van der Waals surface area contributed by atoms with Gasteiger partial charge in [0, 0.05) is 29.5 Å². The smallest absolute Gasteiger partial charge is 0.227 e. The van der Waals surface area contributed by atoms with Crippen molar-refractivity contribution in [2.75, 3.05) is 23.3 Å². The summed E-state index contributed by atoms with van der Waals surface area (Å²) in [6.45, 7) is 1.50. The lowest BCUT2D eigenvalue weighted by molar-refractivity contribution is 0.496. The topological polar surface area (TPSA) is 90.9 Å². The second-order valence-corrected chi connectivity index (χ2v) is 7.23. The molecule has 1 fully saturated rings. The number of nitriles is 1. The molecule has 1 aromatic heterocycles. The van der Waals surface area contributed by atoms with E-state index in [1.807, 2.05) is 0 Å². The first-order valence-electron chi connectivity index (χ1n) is 8.98. The van der Waals surface area contributed by atoms with Crippen LogP contribution < -0.4 is 16.0 Å². The van der Waals surface area contributed by atoms with Crippen molar-refractivity contribution in [3.8, 4) is 6.07 Å². The monoisotopic (exact) mass is 396 g/mol. The Morgan fingerprint density at radius 2 is 1.96 bits per heavy atom. The molecule has 2 heterocycles. The number of fused-ring (bicyclic) bond motifs is 1. The Morgan fingerprint density at radius 1 is 1.18 bits per heavy atom. The molecule has 1 aliphatic heterocycles. The fourth-order valence-corrected chi connectivity index (χ4v) is 3.40. The van der Waals surface area contributed by atoms with E-state index in [1.54, 1.807) is 30.3 Å². The molecule has 0 unspecified atom stereocenters. The van der Waals surface area contributed by atoms with E-state index in [9.17, 15) is 9.65 Å². The van der Waals surface area contributed by atoms with Gasteiger partial charge in [0.15, 0.2) is 0 Å². The number of halogens is 2. The van der Waals surface area contributed by atoms with Crippen LogP contribution in [0, 0.1) is 17.1 Å². The highest BCUT2D eigenvalue weighted by Crippen LogP contribution is 2.30. The zero-order valence-electron chi connectivity index (χ0n) is 15.0. The van der Waals surface area contributed by atoms with E-state index in [2.05, 4.69) is 26.3 Å². The zero-order chi connectivity index (χ0) is 19.7. The molecule has 6 nitrogen and oxygen atoms in total. The third-order valence-electron chi connectivity index (χ3n) is 4.82. The molecule has 2 aromatic carbocycles. The number of rotatable bonds is 3. The summed E-state index contributed by atoms with van der Waals surface area (Å²) in [6.07, 6.45) is 1.71. The van der Waals surface area contributed by atoms with Crippen molar-refractivity contribution in [2.45, 2.75) is 18.9 Å². The van der Waals surface area contributed by atoms with Gasteiger partial charge in [0.2, 0.25) is 5.95 Å². The van der Waals surface area contributed by atoms with Crippen LogP contribution in [-0.2, 0) is 0 Å². The Kier molecular flexibility index (Phi) is 4.99. The molecule has 0 bridgehead atoms. The van der Waals surface area contributed by atoms with Gasteiger partial charge < -0.3 is 16.0 Å². The van der Waals surface area contributed by atoms with Crippen LogP contribution in [0.15, 0.2) is 36.4 Å². The Morgan fingerprint density at radius 3 is 2.68 bits per heavy atom. The van der Waals surface area contributed by atoms with Crippen molar-refractivity contribution < 1.29 is 4.39 Å². The SMILES string of the molecule is N#Cc1ccc2c(Nc3ccc(Cl)cc3F)nc(N3CCC(N)CC3)nc2c1. The van der Waals surface area contributed by atoms with Crippen molar-refractivity contribution in [3.63, 3.8) is 0 Å². The Hall–Kier alpha value is -2.95. The highest BCUT2D eigenvalue weighted by molar-refractivity contribution is 6.30. The van der Waals surface area contributed by atoms with Crippen LogP contribution in [0.25, 0.3) is 10.9 Å². The van der Waals surface area contributed by atoms with Crippen molar-refractivity contribution in [3.05, 3.63) is 52.8 Å². The molecule has 0 spiro atoms. The number of hydrogen-bond donors (Lipinski definition) is 2. The van der Waals surface area contributed by atoms with Crippen molar-refractivity contribution in [1.29, 1.82) is 5.26 Å². The molecule has 0 radical (unpaired) electrons. The van der Waals surface area contributed by atoms with Crippen LogP contribution in [0.2, 0.25) is 5.02 Å². The van der Waals surface area contributed by atoms with Gasteiger partial charge in [0.25, 0.3) is 0 Å². The third kappa shape index (κ3) is 3.70. The van der Waals surface area contributed by atoms with Gasteiger partial charge in [0.1, 0.15) is 11.6 Å². The van der Waals surface area contributed by atoms with Gasteiger partial charge in [-0.2, -0.15) is 10.2 Å². The lowest BCUT2D eigenvalue weighted by Gasteiger charge is -2.30. The standard InChI is InChI=1S/C20H18ClFN6/c21-13-2-4-17(16(22)10-13)25-19-15-3-1-12(11-23)9-18(15)26-20(27-19)28-7-5-14(24)6-8-28/h1-4,9-10,14H,5-8,24H2,(H,25,26,27). The number of piperidine rings is 1. The molecule has 0 atom stereocenters. The summed E-state index contributed by atoms with van der Waals surface area (Å²) in [5.74, 6) is 0.533. The molecule has 8 heteroatoms. The summed E-state index contributed by atoms with van der Waals surface area (Å²) in [5.41, 5.74) is 7.38. The van der Waals surface area contributed by atoms with Crippen LogP contribution in [0.3, 0.4) is 0 Å². The Bertz CT molecular complexity index is 1070. The molecule has 3 N–H and O–H groups in total. The van der Waals surface area contributed by atoms with Crippen LogP contribution >= 0.6 is 11.6 Å². The zero-order valence-corrected chi connectivity index (χ0v) is 15.7. The lowest BCUT2D eigenvalue weighted by atomic mass is 10.1. The Labute approximate surface area is 166 Å². The first kappa shape index (κ1) is 18.4. The summed E-state index contributed by atoms with van der Waals surface area (Å²) in [4.78, 5) is 11.3. The maximum absolute atomic E-state index is 14.3. The van der Waals surface area contributed by atoms with E-state index in [4.69, 9.17) is 17.3 Å². The normalized spacial score (nSPS) is 14.9. The van der Waals surface area contributed by atoms with E-state index in [1.165, 1.54) is 6.07 Å². The third-order valence-corrected chi connectivity index (χ3v) is 5.06. The van der Waals surface area contributed by atoms with Crippen LogP contribution in [0.4, 0.5) is 21.8 Å². The summed E-state index contributed by atoms with van der Waals surface area (Å²) in [6, 6.07) is 11.9. The molecular weight excluding hydrogens is 379 g/mol. The lowest BCUT2D eigenvalue weighted by Crippen LogP contribution is -2.40. The van der Waals surface area contributed by atoms with Crippen LogP contribution in [0.5, 0.6) is 0 Å². The van der Waals surface area contributed by atoms with E-state index in [0.717, 1.165) is 25.9 Å². The summed E-state index contributed by atoms with van der Waals surface area (Å²) in [7, 11) is 0. The molecule has 28 heavy (non-hydrogen) atoms. The fourth-order valence-electron chi connectivity index (χ4n) is 3.24. The average molecular weight is 397 g/mol. The van der Waals surface area contributed by atoms with Crippen molar-refractivity contribution in [2.24, 2.45) is 5.73 Å². The highest BCUT2D eigenvalue weighted by atomic mass is 35.5. The van der Waals surface area contributed by atoms with Gasteiger partial charge in [-0.3, -0.25) is 0 Å². The minimum Gasteiger partial charge on any atom is -0.341 e. The van der Waals surface area contributed by atoms with Gasteiger partial charge in [-0.15, -0.1) is 0 Å². The molecule has 3 aromatic rings. The highest BCUT2D eigenvalue weighted by Gasteiger charge is 2.20. The first-order chi connectivity index (χ1) is 13.5. The van der Waals surface area contributed by atoms with Gasteiger partial charge >= 0.3 is 0 Å². The first-order valence-corrected chi connectivity index (χ1v) is 9.36. The van der Waals surface area contributed by atoms with Crippen LogP contribution in [0.1, 0.15) is 18.4 Å². The second-order valence-electron chi connectivity index (χ2n) is 6.79. The number of benzene rings is 2. The summed E-state index contributed by atoms with van der Waals surface area (Å²) in [5, 5.41) is 13.3. The maximum Gasteiger partial charge on any atom is 0.227 e. The van der Waals surface area contributed by atoms with E-state index in [-0.39, 0.29) is 11.7 Å². The van der Waals surface area contributed by atoms with Gasteiger partial charge in [0.05, 0.1) is 22.8 Å². The predicted molar refractivity (Wildman–Crippen MR) is 108 cm³/mol. The summed E-state index contributed by atoms with van der Waals surface area (Å²) < 4.78 is 14.3. The molecule has 4 rings (SSSR count). The average Bonchev–Trinajstić information content (AvgIpc) is 2.70. The molecule has 1 saturated heterocycles. The van der Waals surface area contributed by atoms with Crippen LogP contribution in [-0.4, -0.2) is 29.1 Å². The van der Waals surface area contributed by atoms with E-state index in [0.29, 0.717) is 33.3 Å². The molecule has 1 aliphatic rings. The summed E-state index contributed by atoms with van der Waals surface area (Å²) >= 11 is 5.85. The second kappa shape index (κ2) is 7.58. The number of nitrogens with one attached hydrogen (secondary N) is 1. The minimum atomic E-state index is -0.474. The predicted octanol–water partition coefficient (Wildman–Crippen LogP) is 3.97. The Balaban J connectivity index is 1.79. The molecule has 0 aliphatic carbocycles. The van der Waals surface area contributed by atoms with Gasteiger partial charge in [-0.25, -0.2) is 9.37 Å². The number of anilines is 3. The molecule has 142 valence electrons. The van der Waals surface area contributed by atoms with Crippen molar-refractivity contribution >= 4 is 40.0 Å². The molecule has 0 amide bonds. The number of hydrogen-bond acceptors (Lipinski definition) is 6. The molecule has 0 saturated carbocycles. The van der Waals surface area contributed by atoms with Gasteiger partial charge in [-0.05, 0) is 49.2 Å². The van der Waals surface area contributed by atoms with Gasteiger partial charge in [-0.1, -0.05) is 11.6 Å². The van der Waals surface area contributed by atoms with E-state index >= 15 is 0 Å². The van der Waals surface area contributed by atoms with E-state index < -0.39 is 5.82 Å². The molecular formula is C20H18ClFN6. The number of nitrogens with zero attached hydrogens (tertiary/aromatic N) is 4. The number of nitrogens with two attached hydrogens (primary N) is 1. The quantitative estimate of drug-likeness (QED) is 0.696. The largest absolute Gasteiger partial charge is 0.341 e. The minimum absolute atomic E-state index is 0.183. The van der Waals surface area contributed by atoms with Crippen molar-refractivity contribution in [1.82, 2.24) is 9.97 Å².